The Bertz CT molecular complexity index is 1900. The summed E-state index contributed by atoms with van der Waals surface area (Å²) in [5, 5.41) is 3.01. The second-order valence-corrected chi connectivity index (χ2v) is 13.7. The van der Waals surface area contributed by atoms with E-state index >= 15 is 0 Å². The summed E-state index contributed by atoms with van der Waals surface area (Å²) in [4.78, 5) is 69.0. The van der Waals surface area contributed by atoms with Crippen molar-refractivity contribution in [1.29, 1.82) is 0 Å². The number of amides is 2. The molecule has 0 radical (unpaired) electrons. The van der Waals surface area contributed by atoms with Crippen LogP contribution in [0.4, 0.5) is 17.1 Å². The normalized spacial score (nSPS) is 15.7. The lowest BCUT2D eigenvalue weighted by Gasteiger charge is -2.30. The first-order chi connectivity index (χ1) is 24.3. The fourth-order valence-electron chi connectivity index (χ4n) is 6.73. The molecule has 0 saturated heterocycles. The number of hydrogen-bond acceptors (Lipinski definition) is 7. The van der Waals surface area contributed by atoms with Gasteiger partial charge >= 0.3 is 17.9 Å². The molecular formula is C42H44N2O7. The summed E-state index contributed by atoms with van der Waals surface area (Å²) in [6, 6.07) is 28.3. The first kappa shape index (κ1) is 36.7. The maximum atomic E-state index is 13.8. The zero-order valence-electron chi connectivity index (χ0n) is 29.7. The van der Waals surface area contributed by atoms with Gasteiger partial charge in [0.05, 0.1) is 29.5 Å². The molecule has 51 heavy (non-hydrogen) atoms. The number of nitrogens with one attached hydrogen (secondary N) is 1. The third-order valence-electron chi connectivity index (χ3n) is 9.09. The van der Waals surface area contributed by atoms with Crippen molar-refractivity contribution < 1.29 is 33.4 Å². The molecule has 9 heteroatoms. The van der Waals surface area contributed by atoms with Crippen LogP contribution in [-0.4, -0.2) is 35.3 Å². The van der Waals surface area contributed by atoms with Gasteiger partial charge in [-0.25, -0.2) is 4.79 Å². The molecule has 4 aromatic carbocycles. The summed E-state index contributed by atoms with van der Waals surface area (Å²) in [7, 11) is 0. The Balaban J connectivity index is 1.28. The molecule has 264 valence electrons. The predicted octanol–water partition coefficient (Wildman–Crippen LogP) is 8.43. The number of carbonyl (C=O) groups excluding carboxylic acids is 5. The number of rotatable bonds is 10. The van der Waals surface area contributed by atoms with Crippen LogP contribution in [0.5, 0.6) is 0 Å². The van der Waals surface area contributed by atoms with Gasteiger partial charge in [0.25, 0.3) is 5.91 Å². The fraction of sp³-hybridized carbons (Fsp3) is 0.310. The predicted molar refractivity (Wildman–Crippen MR) is 196 cm³/mol. The molecule has 2 amide bonds. The van der Waals surface area contributed by atoms with E-state index in [1.165, 1.54) is 4.90 Å². The van der Waals surface area contributed by atoms with E-state index in [1.807, 2.05) is 45.0 Å². The first-order valence-electron chi connectivity index (χ1n) is 17.2. The van der Waals surface area contributed by atoms with Gasteiger partial charge in [0, 0.05) is 16.9 Å². The molecule has 9 nitrogen and oxygen atoms in total. The van der Waals surface area contributed by atoms with Gasteiger partial charge in [-0.2, -0.15) is 0 Å². The zero-order valence-corrected chi connectivity index (χ0v) is 29.7. The highest BCUT2D eigenvalue weighted by molar-refractivity contribution is 6.14. The summed E-state index contributed by atoms with van der Waals surface area (Å²) >= 11 is 0. The summed E-state index contributed by atoms with van der Waals surface area (Å²) in [6.45, 7) is 8.94. The van der Waals surface area contributed by atoms with Crippen LogP contribution in [0.1, 0.15) is 83.4 Å². The van der Waals surface area contributed by atoms with Crippen molar-refractivity contribution in [2.24, 2.45) is 11.8 Å². The minimum atomic E-state index is -1.38. The second kappa shape index (κ2) is 16.0. The molecule has 2 atom stereocenters. The van der Waals surface area contributed by atoms with Gasteiger partial charge in [-0.1, -0.05) is 79.1 Å². The first-order valence-corrected chi connectivity index (χ1v) is 17.2. The molecule has 2 unspecified atom stereocenters. The van der Waals surface area contributed by atoms with Crippen molar-refractivity contribution in [1.82, 2.24) is 0 Å². The number of ether oxygens (including phenoxy) is 2. The maximum absolute atomic E-state index is 13.8. The average molecular weight is 689 g/mol. The highest BCUT2D eigenvalue weighted by Crippen LogP contribution is 2.35. The van der Waals surface area contributed by atoms with Crippen LogP contribution >= 0.6 is 0 Å². The van der Waals surface area contributed by atoms with Crippen molar-refractivity contribution in [3.8, 4) is 0 Å². The Kier molecular flexibility index (Phi) is 11.5. The number of hydrogen-bond donors (Lipinski definition) is 1. The molecule has 1 aliphatic carbocycles. The van der Waals surface area contributed by atoms with Gasteiger partial charge in [0.1, 0.15) is 5.60 Å². The molecule has 1 fully saturated rings. The smallest absolute Gasteiger partial charge is 0.340 e. The number of aryl methyl sites for hydroxylation is 3. The van der Waals surface area contributed by atoms with Crippen molar-refractivity contribution in [2.45, 2.75) is 72.3 Å². The van der Waals surface area contributed by atoms with Crippen molar-refractivity contribution in [3.63, 3.8) is 0 Å². The van der Waals surface area contributed by atoms with E-state index in [9.17, 15) is 24.0 Å². The number of benzene rings is 4. The van der Waals surface area contributed by atoms with E-state index in [0.717, 1.165) is 35.2 Å². The summed E-state index contributed by atoms with van der Waals surface area (Å²) in [5.74, 6) is -4.44. The largest absolute Gasteiger partial charge is 0.455 e. The minimum Gasteiger partial charge on any atom is -0.455 e. The van der Waals surface area contributed by atoms with Gasteiger partial charge in [-0.15, -0.1) is 0 Å². The van der Waals surface area contributed by atoms with E-state index in [0.29, 0.717) is 29.8 Å². The van der Waals surface area contributed by atoms with Crippen LogP contribution < -0.4 is 10.2 Å². The number of nitrogens with zero attached hydrogens (tertiary/aromatic N) is 1. The van der Waals surface area contributed by atoms with Crippen molar-refractivity contribution in [3.05, 3.63) is 125 Å². The summed E-state index contributed by atoms with van der Waals surface area (Å²) < 4.78 is 11.1. The van der Waals surface area contributed by atoms with Crippen LogP contribution in [0.2, 0.25) is 0 Å². The van der Waals surface area contributed by atoms with Crippen LogP contribution in [0.3, 0.4) is 0 Å². The molecule has 0 heterocycles. The number of carbonyl (C=O) groups is 5. The Hall–Kier alpha value is -5.57. The molecule has 0 bridgehead atoms. The fourth-order valence-corrected chi connectivity index (χ4v) is 6.73. The third-order valence-corrected chi connectivity index (χ3v) is 9.09. The Labute approximate surface area is 299 Å². The van der Waals surface area contributed by atoms with Gasteiger partial charge in [0.15, 0.2) is 0 Å². The van der Waals surface area contributed by atoms with E-state index in [4.69, 9.17) is 9.47 Å². The van der Waals surface area contributed by atoms with E-state index < -0.39 is 41.8 Å². The minimum absolute atomic E-state index is 0.110. The number of anilines is 3. The SMILES string of the molecule is Cc1cc(C)c(NC(=O)C2CCCCC2C(=O)OC(=O)CC(C)(C)OC(=O)c2ccccc2N(C(=O)c2ccccc2)c2ccccc2)c(C)c1. The molecule has 1 aliphatic rings. The number of para-hydroxylation sites is 2. The molecule has 1 saturated carbocycles. The van der Waals surface area contributed by atoms with Gasteiger partial charge in [-0.3, -0.25) is 24.1 Å². The standard InChI is InChI=1S/C42H44N2O7/c1-27-24-28(2)37(29(3)25-27)43-38(46)32-20-12-13-21-33(32)40(48)50-36(45)26-42(4,5)51-41(49)34-22-14-15-23-35(34)44(31-18-10-7-11-19-31)39(47)30-16-8-6-9-17-30/h6-11,14-19,22-25,32-33H,12-13,20-21,26H2,1-5H3,(H,43,46). The van der Waals surface area contributed by atoms with Gasteiger partial charge < -0.3 is 14.8 Å². The Morgan fingerprint density at radius 3 is 1.98 bits per heavy atom. The zero-order chi connectivity index (χ0) is 36.7. The monoisotopic (exact) mass is 688 g/mol. The molecule has 5 rings (SSSR count). The van der Waals surface area contributed by atoms with Crippen LogP contribution in [-0.2, 0) is 23.9 Å². The molecule has 0 aliphatic heterocycles. The quantitative estimate of drug-likeness (QED) is 0.131. The molecule has 1 N–H and O–H groups in total. The lowest BCUT2D eigenvalue weighted by molar-refractivity contribution is -0.167. The summed E-state index contributed by atoms with van der Waals surface area (Å²) in [6.07, 6.45) is 2.02. The van der Waals surface area contributed by atoms with Crippen molar-refractivity contribution >= 4 is 46.8 Å². The second-order valence-electron chi connectivity index (χ2n) is 13.7. The Morgan fingerprint density at radius 1 is 0.765 bits per heavy atom. The van der Waals surface area contributed by atoms with E-state index in [2.05, 4.69) is 5.32 Å². The highest BCUT2D eigenvalue weighted by Gasteiger charge is 2.39. The molecule has 4 aromatic rings. The summed E-state index contributed by atoms with van der Waals surface area (Å²) in [5.41, 5.74) is 3.68. The van der Waals surface area contributed by atoms with Gasteiger partial charge in [-0.05, 0) is 95.0 Å². The maximum Gasteiger partial charge on any atom is 0.340 e. The molecular weight excluding hydrogens is 644 g/mol. The lowest BCUT2D eigenvalue weighted by Crippen LogP contribution is -2.39. The van der Waals surface area contributed by atoms with E-state index in [1.54, 1.807) is 86.6 Å². The number of esters is 3. The third kappa shape index (κ3) is 8.97. The topological polar surface area (TPSA) is 119 Å². The highest BCUT2D eigenvalue weighted by atomic mass is 16.6. The molecule has 0 aromatic heterocycles. The van der Waals surface area contributed by atoms with Crippen LogP contribution in [0, 0.1) is 32.6 Å². The van der Waals surface area contributed by atoms with Gasteiger partial charge in [0.2, 0.25) is 5.91 Å². The van der Waals surface area contributed by atoms with Crippen molar-refractivity contribution in [2.75, 3.05) is 10.2 Å². The average Bonchev–Trinajstić information content (AvgIpc) is 3.10. The van der Waals surface area contributed by atoms with E-state index in [-0.39, 0.29) is 17.4 Å². The van der Waals surface area contributed by atoms with Crippen LogP contribution in [0.25, 0.3) is 0 Å². The Morgan fingerprint density at radius 2 is 1.33 bits per heavy atom. The molecule has 0 spiro atoms. The van der Waals surface area contributed by atoms with Crippen LogP contribution in [0.15, 0.2) is 97.1 Å². The lowest BCUT2D eigenvalue weighted by atomic mass is 9.78.